The lowest BCUT2D eigenvalue weighted by Crippen LogP contribution is -2.40. The van der Waals surface area contributed by atoms with Gasteiger partial charge in [-0.1, -0.05) is 12.1 Å². The van der Waals surface area contributed by atoms with Gasteiger partial charge in [-0.25, -0.2) is 4.98 Å². The van der Waals surface area contributed by atoms with Gasteiger partial charge in [0.1, 0.15) is 5.52 Å². The average Bonchev–Trinajstić information content (AvgIpc) is 2.91. The molecule has 0 N–H and O–H groups in total. The number of aromatic nitrogens is 1. The molecule has 1 aliphatic heterocycles. The van der Waals surface area contributed by atoms with Gasteiger partial charge in [0.15, 0.2) is 11.5 Å². The number of carbonyl (C=O) groups is 1. The number of piperidine rings is 1. The first kappa shape index (κ1) is 13.5. The third-order valence-corrected chi connectivity index (χ3v) is 4.24. The molecule has 2 heterocycles. The van der Waals surface area contributed by atoms with Crippen LogP contribution in [0.2, 0.25) is 0 Å². The number of nitrogens with zero attached hydrogens (tertiary/aromatic N) is 2. The maximum atomic E-state index is 12.0. The molecule has 1 amide bonds. The van der Waals surface area contributed by atoms with Crippen molar-refractivity contribution in [1.29, 1.82) is 0 Å². The van der Waals surface area contributed by atoms with Gasteiger partial charge >= 0.3 is 0 Å². The van der Waals surface area contributed by atoms with Crippen molar-refractivity contribution in [2.45, 2.75) is 18.8 Å². The molecule has 106 valence electrons. The molecule has 1 aromatic carbocycles. The molecule has 20 heavy (non-hydrogen) atoms. The van der Waals surface area contributed by atoms with Crippen molar-refractivity contribution in [1.82, 2.24) is 9.88 Å². The van der Waals surface area contributed by atoms with E-state index in [1.807, 2.05) is 35.4 Å². The third-order valence-electron chi connectivity index (χ3n) is 3.70. The number of carbonyl (C=O) groups excluding carboxylic acids is 1. The molecule has 1 aliphatic rings. The minimum absolute atomic E-state index is 0.221. The maximum absolute atomic E-state index is 12.0. The number of hydrogen-bond donors (Lipinski definition) is 0. The van der Waals surface area contributed by atoms with E-state index in [9.17, 15) is 4.79 Å². The molecule has 0 bridgehead atoms. The molecule has 1 fully saturated rings. The smallest absolute Gasteiger partial charge is 0.232 e. The van der Waals surface area contributed by atoms with Crippen LogP contribution in [-0.4, -0.2) is 40.9 Å². The Bertz CT molecular complexity index is 578. The van der Waals surface area contributed by atoms with Crippen molar-refractivity contribution < 1.29 is 9.21 Å². The van der Waals surface area contributed by atoms with Crippen LogP contribution in [0, 0.1) is 0 Å². The summed E-state index contributed by atoms with van der Waals surface area (Å²) in [6.45, 7) is 1.59. The molecule has 4 nitrogen and oxygen atoms in total. The van der Waals surface area contributed by atoms with Gasteiger partial charge in [-0.2, -0.15) is 11.8 Å². The van der Waals surface area contributed by atoms with Gasteiger partial charge in [0.05, 0.1) is 11.7 Å². The SMILES string of the molecule is CSCC(=O)N1CCC[C@H](c2nc3ccccc3o2)C1. The fourth-order valence-corrected chi connectivity index (χ4v) is 3.11. The van der Waals surface area contributed by atoms with Crippen LogP contribution in [0.5, 0.6) is 0 Å². The minimum Gasteiger partial charge on any atom is -0.440 e. The van der Waals surface area contributed by atoms with Crippen molar-refractivity contribution in [2.24, 2.45) is 0 Å². The van der Waals surface area contributed by atoms with Crippen LogP contribution in [0.1, 0.15) is 24.7 Å². The molecular formula is C15H18N2O2S. The zero-order valence-electron chi connectivity index (χ0n) is 11.5. The molecule has 5 heteroatoms. The highest BCUT2D eigenvalue weighted by Gasteiger charge is 2.27. The van der Waals surface area contributed by atoms with Crippen molar-refractivity contribution >= 4 is 28.8 Å². The Morgan fingerprint density at radius 1 is 1.50 bits per heavy atom. The van der Waals surface area contributed by atoms with Crippen LogP contribution in [0.25, 0.3) is 11.1 Å². The van der Waals surface area contributed by atoms with E-state index in [0.717, 1.165) is 42.9 Å². The lowest BCUT2D eigenvalue weighted by Gasteiger charge is -2.31. The van der Waals surface area contributed by atoms with E-state index in [0.29, 0.717) is 5.75 Å². The molecule has 0 unspecified atom stereocenters. The number of hydrogen-bond acceptors (Lipinski definition) is 4. The van der Waals surface area contributed by atoms with Gasteiger partial charge in [0.25, 0.3) is 0 Å². The Morgan fingerprint density at radius 2 is 2.35 bits per heavy atom. The summed E-state index contributed by atoms with van der Waals surface area (Å²) >= 11 is 1.57. The largest absolute Gasteiger partial charge is 0.440 e. The second kappa shape index (κ2) is 5.87. The summed E-state index contributed by atoms with van der Waals surface area (Å²) in [6.07, 6.45) is 4.01. The Labute approximate surface area is 122 Å². The Morgan fingerprint density at radius 3 is 3.15 bits per heavy atom. The fourth-order valence-electron chi connectivity index (χ4n) is 2.68. The Balaban J connectivity index is 1.77. The quantitative estimate of drug-likeness (QED) is 0.872. The van der Waals surface area contributed by atoms with Crippen LogP contribution < -0.4 is 0 Å². The van der Waals surface area contributed by atoms with E-state index in [4.69, 9.17) is 4.42 Å². The van der Waals surface area contributed by atoms with Crippen LogP contribution in [0.4, 0.5) is 0 Å². The van der Waals surface area contributed by atoms with Gasteiger partial charge in [-0.3, -0.25) is 4.79 Å². The van der Waals surface area contributed by atoms with E-state index in [-0.39, 0.29) is 11.8 Å². The summed E-state index contributed by atoms with van der Waals surface area (Å²) in [6, 6.07) is 7.81. The van der Waals surface area contributed by atoms with Crippen molar-refractivity contribution in [2.75, 3.05) is 25.1 Å². The predicted octanol–water partition coefficient (Wildman–Crippen LogP) is 2.90. The van der Waals surface area contributed by atoms with Gasteiger partial charge in [-0.05, 0) is 31.2 Å². The second-order valence-electron chi connectivity index (χ2n) is 5.13. The molecule has 1 aromatic heterocycles. The van der Waals surface area contributed by atoms with Crippen LogP contribution >= 0.6 is 11.8 Å². The third kappa shape index (κ3) is 2.68. The average molecular weight is 290 g/mol. The van der Waals surface area contributed by atoms with Crippen molar-refractivity contribution in [3.8, 4) is 0 Å². The normalized spacial score (nSPS) is 19.4. The molecule has 0 aliphatic carbocycles. The number of likely N-dealkylation sites (tertiary alicyclic amines) is 1. The van der Waals surface area contributed by atoms with E-state index >= 15 is 0 Å². The molecule has 1 atom stereocenters. The van der Waals surface area contributed by atoms with E-state index in [1.54, 1.807) is 11.8 Å². The Hall–Kier alpha value is -1.49. The van der Waals surface area contributed by atoms with E-state index < -0.39 is 0 Å². The number of amides is 1. The summed E-state index contributed by atoms with van der Waals surface area (Å²) in [5, 5.41) is 0. The highest BCUT2D eigenvalue weighted by atomic mass is 32.2. The predicted molar refractivity (Wildman–Crippen MR) is 80.9 cm³/mol. The van der Waals surface area contributed by atoms with Crippen molar-refractivity contribution in [3.63, 3.8) is 0 Å². The number of thioether (sulfide) groups is 1. The molecule has 3 rings (SSSR count). The molecule has 0 saturated carbocycles. The van der Waals surface area contributed by atoms with Gasteiger partial charge in [0.2, 0.25) is 5.91 Å². The standard InChI is InChI=1S/C15H18N2O2S/c1-20-10-14(18)17-8-4-5-11(9-17)15-16-12-6-2-3-7-13(12)19-15/h2-3,6-7,11H,4-5,8-10H2,1H3/t11-/m0/s1. The molecule has 1 saturated heterocycles. The van der Waals surface area contributed by atoms with Crippen molar-refractivity contribution in [3.05, 3.63) is 30.2 Å². The van der Waals surface area contributed by atoms with Crippen LogP contribution in [-0.2, 0) is 4.79 Å². The topological polar surface area (TPSA) is 46.3 Å². The molecule has 0 spiro atoms. The number of fused-ring (bicyclic) bond motifs is 1. The first-order valence-corrected chi connectivity index (χ1v) is 8.29. The summed E-state index contributed by atoms with van der Waals surface area (Å²) in [7, 11) is 0. The zero-order chi connectivity index (χ0) is 13.9. The highest BCUT2D eigenvalue weighted by Crippen LogP contribution is 2.29. The first-order chi connectivity index (χ1) is 9.78. The number of rotatable bonds is 3. The lowest BCUT2D eigenvalue weighted by atomic mass is 9.98. The lowest BCUT2D eigenvalue weighted by molar-refractivity contribution is -0.129. The molecule has 0 radical (unpaired) electrons. The van der Waals surface area contributed by atoms with Gasteiger partial charge in [-0.15, -0.1) is 0 Å². The second-order valence-corrected chi connectivity index (χ2v) is 6.00. The van der Waals surface area contributed by atoms with E-state index in [2.05, 4.69) is 4.98 Å². The maximum Gasteiger partial charge on any atom is 0.232 e. The zero-order valence-corrected chi connectivity index (χ0v) is 12.4. The summed E-state index contributed by atoms with van der Waals surface area (Å²) in [4.78, 5) is 18.5. The first-order valence-electron chi connectivity index (χ1n) is 6.90. The van der Waals surface area contributed by atoms with E-state index in [1.165, 1.54) is 0 Å². The fraction of sp³-hybridized carbons (Fsp3) is 0.467. The van der Waals surface area contributed by atoms with Gasteiger partial charge < -0.3 is 9.32 Å². The summed E-state index contributed by atoms with van der Waals surface area (Å²) in [5.41, 5.74) is 1.73. The Kier molecular flexibility index (Phi) is 3.96. The number of oxazole rings is 1. The highest BCUT2D eigenvalue weighted by molar-refractivity contribution is 7.99. The molecule has 2 aromatic rings. The molecular weight excluding hydrogens is 272 g/mol. The van der Waals surface area contributed by atoms with Crippen LogP contribution in [0.15, 0.2) is 28.7 Å². The number of para-hydroxylation sites is 2. The minimum atomic E-state index is 0.221. The number of benzene rings is 1. The monoisotopic (exact) mass is 290 g/mol. The summed E-state index contributed by atoms with van der Waals surface area (Å²) in [5.74, 6) is 1.77. The van der Waals surface area contributed by atoms with Crippen LogP contribution in [0.3, 0.4) is 0 Å². The van der Waals surface area contributed by atoms with Gasteiger partial charge in [0, 0.05) is 13.1 Å². The summed E-state index contributed by atoms with van der Waals surface area (Å²) < 4.78 is 5.84.